The molecule has 2 unspecified atom stereocenters. The Kier molecular flexibility index (Phi) is 5.06. The van der Waals surface area contributed by atoms with E-state index in [1.807, 2.05) is 31.2 Å². The minimum absolute atomic E-state index is 0.0371. The molecule has 3 rings (SSSR count). The van der Waals surface area contributed by atoms with Gasteiger partial charge >= 0.3 is 0 Å². The van der Waals surface area contributed by atoms with E-state index in [4.69, 9.17) is 0 Å². The number of amides is 1. The topological polar surface area (TPSA) is 96.3 Å². The highest BCUT2D eigenvalue weighted by Gasteiger charge is 2.33. The average Bonchev–Trinajstić information content (AvgIpc) is 3.11. The SMILES string of the molecule is Cc1ccc(CNC(=O)C2CNNC2c2ccc([N+](=O)[O-])cc2)cc1. The molecule has 1 heterocycles. The van der Waals surface area contributed by atoms with Crippen molar-refractivity contribution in [3.05, 3.63) is 75.3 Å². The quantitative estimate of drug-likeness (QED) is 0.571. The lowest BCUT2D eigenvalue weighted by atomic mass is 9.94. The molecule has 7 nitrogen and oxygen atoms in total. The van der Waals surface area contributed by atoms with Crippen molar-refractivity contribution in [2.75, 3.05) is 6.54 Å². The second-order valence-electron chi connectivity index (χ2n) is 6.16. The molecule has 0 bridgehead atoms. The first-order chi connectivity index (χ1) is 12.0. The molecule has 0 aliphatic carbocycles. The molecule has 7 heteroatoms. The number of hydrogen-bond donors (Lipinski definition) is 3. The van der Waals surface area contributed by atoms with Crippen LogP contribution in [0.4, 0.5) is 5.69 Å². The molecule has 0 aromatic heterocycles. The van der Waals surface area contributed by atoms with Crippen LogP contribution in [-0.4, -0.2) is 17.4 Å². The Bertz CT molecular complexity index is 759. The maximum absolute atomic E-state index is 12.5. The molecule has 25 heavy (non-hydrogen) atoms. The fraction of sp³-hybridized carbons (Fsp3) is 0.278. The lowest BCUT2D eigenvalue weighted by Crippen LogP contribution is -2.34. The largest absolute Gasteiger partial charge is 0.352 e. The van der Waals surface area contributed by atoms with Crippen molar-refractivity contribution < 1.29 is 9.72 Å². The summed E-state index contributed by atoms with van der Waals surface area (Å²) < 4.78 is 0. The summed E-state index contributed by atoms with van der Waals surface area (Å²) >= 11 is 0. The molecule has 1 aliphatic heterocycles. The monoisotopic (exact) mass is 340 g/mol. The van der Waals surface area contributed by atoms with Crippen LogP contribution in [0.2, 0.25) is 0 Å². The summed E-state index contributed by atoms with van der Waals surface area (Å²) in [5.74, 6) is -0.340. The third-order valence-electron chi connectivity index (χ3n) is 4.37. The molecule has 1 fully saturated rings. The normalized spacial score (nSPS) is 19.6. The molecule has 0 radical (unpaired) electrons. The molecular weight excluding hydrogens is 320 g/mol. The predicted octanol–water partition coefficient (Wildman–Crippen LogP) is 1.98. The van der Waals surface area contributed by atoms with Crippen molar-refractivity contribution in [3.8, 4) is 0 Å². The number of hydrogen-bond acceptors (Lipinski definition) is 5. The van der Waals surface area contributed by atoms with Gasteiger partial charge in [0.05, 0.1) is 16.9 Å². The van der Waals surface area contributed by atoms with E-state index in [9.17, 15) is 14.9 Å². The summed E-state index contributed by atoms with van der Waals surface area (Å²) in [6.45, 7) is 3.00. The van der Waals surface area contributed by atoms with E-state index in [1.165, 1.54) is 17.7 Å². The number of nitrogens with one attached hydrogen (secondary N) is 3. The van der Waals surface area contributed by atoms with E-state index in [0.717, 1.165) is 11.1 Å². The van der Waals surface area contributed by atoms with Crippen molar-refractivity contribution >= 4 is 11.6 Å². The number of nitrogens with zero attached hydrogens (tertiary/aromatic N) is 1. The molecule has 2 atom stereocenters. The van der Waals surface area contributed by atoms with Gasteiger partial charge in [-0.2, -0.15) is 0 Å². The summed E-state index contributed by atoms with van der Waals surface area (Å²) in [5, 5.41) is 13.7. The zero-order chi connectivity index (χ0) is 17.8. The number of hydrazine groups is 1. The van der Waals surface area contributed by atoms with Gasteiger partial charge in [-0.05, 0) is 18.1 Å². The van der Waals surface area contributed by atoms with Gasteiger partial charge in [-0.1, -0.05) is 42.0 Å². The van der Waals surface area contributed by atoms with E-state index in [2.05, 4.69) is 16.2 Å². The molecule has 0 spiro atoms. The second-order valence-corrected chi connectivity index (χ2v) is 6.16. The summed E-state index contributed by atoms with van der Waals surface area (Å²) in [6, 6.07) is 14.1. The first-order valence-electron chi connectivity index (χ1n) is 8.10. The number of benzene rings is 2. The van der Waals surface area contributed by atoms with Crippen LogP contribution in [0.5, 0.6) is 0 Å². The third-order valence-corrected chi connectivity index (χ3v) is 4.37. The highest BCUT2D eigenvalue weighted by atomic mass is 16.6. The lowest BCUT2D eigenvalue weighted by Gasteiger charge is -2.18. The van der Waals surface area contributed by atoms with Gasteiger partial charge in [0, 0.05) is 25.2 Å². The fourth-order valence-electron chi connectivity index (χ4n) is 2.89. The highest BCUT2D eigenvalue weighted by Crippen LogP contribution is 2.26. The first kappa shape index (κ1) is 17.1. The van der Waals surface area contributed by atoms with E-state index in [0.29, 0.717) is 13.1 Å². The van der Waals surface area contributed by atoms with Crippen molar-refractivity contribution in [1.82, 2.24) is 16.2 Å². The van der Waals surface area contributed by atoms with Gasteiger partial charge < -0.3 is 5.32 Å². The van der Waals surface area contributed by atoms with Crippen molar-refractivity contribution in [2.45, 2.75) is 19.5 Å². The molecule has 1 amide bonds. The molecule has 1 saturated heterocycles. The molecular formula is C18H20N4O3. The Morgan fingerprint density at radius 3 is 2.52 bits per heavy atom. The fourth-order valence-corrected chi connectivity index (χ4v) is 2.89. The van der Waals surface area contributed by atoms with Crippen molar-refractivity contribution in [3.63, 3.8) is 0 Å². The molecule has 1 aliphatic rings. The van der Waals surface area contributed by atoms with Crippen LogP contribution >= 0.6 is 0 Å². The van der Waals surface area contributed by atoms with Crippen LogP contribution in [0.15, 0.2) is 48.5 Å². The van der Waals surface area contributed by atoms with E-state index in [-0.39, 0.29) is 23.6 Å². The van der Waals surface area contributed by atoms with Gasteiger partial charge in [0.2, 0.25) is 5.91 Å². The van der Waals surface area contributed by atoms with Crippen LogP contribution in [0, 0.1) is 23.0 Å². The summed E-state index contributed by atoms with van der Waals surface area (Å²) in [6.07, 6.45) is 0. The number of nitro benzene ring substituents is 1. The minimum atomic E-state index is -0.435. The molecule has 0 saturated carbocycles. The number of aryl methyl sites for hydroxylation is 1. The van der Waals surface area contributed by atoms with Crippen LogP contribution in [0.25, 0.3) is 0 Å². The van der Waals surface area contributed by atoms with E-state index >= 15 is 0 Å². The average molecular weight is 340 g/mol. The number of non-ortho nitro benzene ring substituents is 1. The Hall–Kier alpha value is -2.77. The Morgan fingerprint density at radius 1 is 1.20 bits per heavy atom. The molecule has 2 aromatic carbocycles. The standard InChI is InChI=1S/C18H20N4O3/c1-12-2-4-13(5-3-12)10-19-18(23)16-11-20-21-17(16)14-6-8-15(9-7-14)22(24)25/h2-9,16-17,20-21H,10-11H2,1H3,(H,19,23). The third kappa shape index (κ3) is 4.01. The van der Waals surface area contributed by atoms with E-state index < -0.39 is 4.92 Å². The van der Waals surface area contributed by atoms with Gasteiger partial charge in [-0.25, -0.2) is 5.43 Å². The van der Waals surface area contributed by atoms with Gasteiger partial charge in [0.25, 0.3) is 5.69 Å². The van der Waals surface area contributed by atoms with Gasteiger partial charge in [0.15, 0.2) is 0 Å². The smallest absolute Gasteiger partial charge is 0.269 e. The van der Waals surface area contributed by atoms with Gasteiger partial charge in [0.1, 0.15) is 0 Å². The van der Waals surface area contributed by atoms with Crippen LogP contribution in [0.3, 0.4) is 0 Å². The Labute approximate surface area is 145 Å². The predicted molar refractivity (Wildman–Crippen MR) is 93.5 cm³/mol. The molecule has 2 aromatic rings. The number of carbonyl (C=O) groups is 1. The van der Waals surface area contributed by atoms with Crippen LogP contribution in [-0.2, 0) is 11.3 Å². The van der Waals surface area contributed by atoms with Crippen molar-refractivity contribution in [1.29, 1.82) is 0 Å². The number of nitro groups is 1. The van der Waals surface area contributed by atoms with Gasteiger partial charge in [-0.3, -0.25) is 20.3 Å². The van der Waals surface area contributed by atoms with Gasteiger partial charge in [-0.15, -0.1) is 0 Å². The summed E-state index contributed by atoms with van der Waals surface area (Å²) in [5.41, 5.74) is 9.18. The first-order valence-corrected chi connectivity index (χ1v) is 8.10. The number of rotatable bonds is 5. The van der Waals surface area contributed by atoms with Crippen LogP contribution < -0.4 is 16.2 Å². The zero-order valence-corrected chi connectivity index (χ0v) is 13.9. The second kappa shape index (κ2) is 7.42. The summed E-state index contributed by atoms with van der Waals surface area (Å²) in [4.78, 5) is 22.9. The maximum Gasteiger partial charge on any atom is 0.269 e. The molecule has 130 valence electrons. The van der Waals surface area contributed by atoms with Crippen LogP contribution in [0.1, 0.15) is 22.7 Å². The summed E-state index contributed by atoms with van der Waals surface area (Å²) in [7, 11) is 0. The minimum Gasteiger partial charge on any atom is -0.352 e. The zero-order valence-electron chi connectivity index (χ0n) is 13.9. The number of carbonyl (C=O) groups excluding carboxylic acids is 1. The van der Waals surface area contributed by atoms with Crippen molar-refractivity contribution in [2.24, 2.45) is 5.92 Å². The molecule has 3 N–H and O–H groups in total. The van der Waals surface area contributed by atoms with E-state index in [1.54, 1.807) is 12.1 Å². The maximum atomic E-state index is 12.5. The Morgan fingerprint density at radius 2 is 1.88 bits per heavy atom. The highest BCUT2D eigenvalue weighted by molar-refractivity contribution is 5.80. The lowest BCUT2D eigenvalue weighted by molar-refractivity contribution is -0.384. The Balaban J connectivity index is 1.65.